The highest BCUT2D eigenvalue weighted by Gasteiger charge is 2.22. The molecule has 0 spiro atoms. The Kier molecular flexibility index (Phi) is 4.28. The molecule has 1 aliphatic carbocycles. The molecule has 0 fully saturated rings. The number of aromatic nitrogens is 1. The monoisotopic (exact) mass is 354 g/mol. The number of hydrogen-bond acceptors (Lipinski definition) is 5. The van der Waals surface area contributed by atoms with Crippen molar-refractivity contribution in [2.45, 2.75) is 19.4 Å². The van der Waals surface area contributed by atoms with E-state index in [1.807, 2.05) is 48.7 Å². The van der Waals surface area contributed by atoms with Crippen LogP contribution in [0.1, 0.15) is 17.1 Å². The first-order valence-electron chi connectivity index (χ1n) is 8.19. The van der Waals surface area contributed by atoms with E-state index in [0.717, 1.165) is 33.3 Å². The summed E-state index contributed by atoms with van der Waals surface area (Å²) < 4.78 is 11.5. The average molecular weight is 354 g/mol. The van der Waals surface area contributed by atoms with E-state index in [9.17, 15) is 4.79 Å². The molecular formula is C19H18N2O3S. The van der Waals surface area contributed by atoms with Gasteiger partial charge >= 0.3 is 0 Å². The van der Waals surface area contributed by atoms with Crippen molar-refractivity contribution < 1.29 is 14.3 Å². The molecule has 25 heavy (non-hydrogen) atoms. The molecule has 128 valence electrons. The Bertz CT molecular complexity index is 869. The van der Waals surface area contributed by atoms with Gasteiger partial charge < -0.3 is 14.8 Å². The molecule has 1 N–H and O–H groups in total. The molecule has 5 nitrogen and oxygen atoms in total. The molecule has 4 rings (SSSR count). The highest BCUT2D eigenvalue weighted by Crippen LogP contribution is 2.31. The van der Waals surface area contributed by atoms with Crippen LogP contribution in [0.4, 0.5) is 0 Å². The molecule has 6 heteroatoms. The molecule has 0 saturated heterocycles. The highest BCUT2D eigenvalue weighted by atomic mass is 32.1. The van der Waals surface area contributed by atoms with Gasteiger partial charge in [-0.3, -0.25) is 4.79 Å². The maximum Gasteiger partial charge on any atom is 0.247 e. The lowest BCUT2D eigenvalue weighted by molar-refractivity contribution is -0.118. The van der Waals surface area contributed by atoms with Crippen molar-refractivity contribution >= 4 is 22.8 Å². The number of nitrogens with zero attached hydrogens (tertiary/aromatic N) is 1. The first-order chi connectivity index (χ1) is 12.2. The van der Waals surface area contributed by atoms with Crippen LogP contribution in [0.15, 0.2) is 47.4 Å². The summed E-state index contributed by atoms with van der Waals surface area (Å²) in [6, 6.07) is 7.56. The van der Waals surface area contributed by atoms with Crippen molar-refractivity contribution in [1.82, 2.24) is 10.3 Å². The van der Waals surface area contributed by atoms with Gasteiger partial charge in [0.25, 0.3) is 0 Å². The first-order valence-corrected chi connectivity index (χ1v) is 9.07. The van der Waals surface area contributed by atoms with E-state index in [-0.39, 0.29) is 12.0 Å². The smallest absolute Gasteiger partial charge is 0.247 e. The molecule has 0 radical (unpaired) electrons. The molecule has 1 unspecified atom stereocenters. The summed E-state index contributed by atoms with van der Waals surface area (Å²) in [5.74, 6) is 1.40. The number of allylic oxidation sites excluding steroid dienone is 3. The van der Waals surface area contributed by atoms with Crippen LogP contribution in [0.3, 0.4) is 0 Å². The molecule has 1 aromatic heterocycles. The third-order valence-corrected chi connectivity index (χ3v) is 4.91. The Labute approximate surface area is 150 Å². The fourth-order valence-electron chi connectivity index (χ4n) is 2.84. The van der Waals surface area contributed by atoms with Crippen molar-refractivity contribution in [3.05, 3.63) is 58.1 Å². The largest absolute Gasteiger partial charge is 0.486 e. The summed E-state index contributed by atoms with van der Waals surface area (Å²) in [6.07, 6.45) is 4.40. The fraction of sp³-hybridized carbons (Fsp3) is 0.263. The number of benzene rings is 1. The minimum atomic E-state index is -0.186. The second kappa shape index (κ2) is 6.72. The number of carbonyl (C=O) groups excluding carboxylic acids is 1. The van der Waals surface area contributed by atoms with Crippen molar-refractivity contribution in [1.29, 1.82) is 0 Å². The molecule has 0 saturated carbocycles. The third-order valence-electron chi connectivity index (χ3n) is 4.14. The van der Waals surface area contributed by atoms with Gasteiger partial charge in [-0.05, 0) is 37.1 Å². The summed E-state index contributed by atoms with van der Waals surface area (Å²) in [7, 11) is 0. The second-order valence-corrected chi connectivity index (χ2v) is 7.05. The van der Waals surface area contributed by atoms with Crippen LogP contribution in [0.2, 0.25) is 0 Å². The highest BCUT2D eigenvalue weighted by molar-refractivity contribution is 7.09. The number of hydrogen-bond donors (Lipinski definition) is 1. The van der Waals surface area contributed by atoms with Gasteiger partial charge in [0.1, 0.15) is 12.7 Å². The molecule has 0 bridgehead atoms. The van der Waals surface area contributed by atoms with E-state index in [2.05, 4.69) is 10.3 Å². The minimum Gasteiger partial charge on any atom is -0.486 e. The van der Waals surface area contributed by atoms with Gasteiger partial charge in [0.2, 0.25) is 5.91 Å². The number of para-hydroxylation sites is 2. The molecule has 1 atom stereocenters. The Morgan fingerprint density at radius 2 is 2.20 bits per heavy atom. The van der Waals surface area contributed by atoms with E-state index >= 15 is 0 Å². The molecule has 2 heterocycles. The number of fused-ring (bicyclic) bond motifs is 1. The Morgan fingerprint density at radius 3 is 3.00 bits per heavy atom. The summed E-state index contributed by atoms with van der Waals surface area (Å²) in [4.78, 5) is 16.9. The summed E-state index contributed by atoms with van der Waals surface area (Å²) in [5, 5.41) is 5.98. The van der Waals surface area contributed by atoms with E-state index in [1.165, 1.54) is 0 Å². The minimum absolute atomic E-state index is 0.0688. The molecular weight excluding hydrogens is 336 g/mol. The predicted octanol–water partition coefficient (Wildman–Crippen LogP) is 3.12. The number of rotatable bonds is 4. The lowest BCUT2D eigenvalue weighted by Gasteiger charge is -2.26. The molecule has 1 aromatic carbocycles. The number of thiazole rings is 1. The van der Waals surface area contributed by atoms with Crippen LogP contribution in [-0.2, 0) is 4.79 Å². The van der Waals surface area contributed by atoms with Gasteiger partial charge in [-0.1, -0.05) is 18.2 Å². The Hall–Kier alpha value is -2.60. The van der Waals surface area contributed by atoms with Crippen LogP contribution in [0, 0.1) is 6.92 Å². The molecule has 2 aliphatic rings. The number of carbonyl (C=O) groups is 1. The van der Waals surface area contributed by atoms with E-state index in [4.69, 9.17) is 9.47 Å². The van der Waals surface area contributed by atoms with Crippen molar-refractivity contribution in [3.63, 3.8) is 0 Å². The zero-order chi connectivity index (χ0) is 17.2. The van der Waals surface area contributed by atoms with Gasteiger partial charge in [0, 0.05) is 11.0 Å². The standard InChI is InChI=1S/C19H18N2O3S/c1-12-21-16(11-25-12)13-6-7-14(8-13)19(22)20-9-15-10-23-17-4-2-3-5-18(17)24-15/h2-6,8,11,15H,7,9-10H2,1H3,(H,20,22). The van der Waals surface area contributed by atoms with E-state index < -0.39 is 0 Å². The van der Waals surface area contributed by atoms with Crippen molar-refractivity contribution in [3.8, 4) is 11.5 Å². The molecule has 1 amide bonds. The number of nitrogens with one attached hydrogen (secondary N) is 1. The zero-order valence-electron chi connectivity index (χ0n) is 13.8. The SMILES string of the molecule is Cc1nc(C2=CCC(C(=O)NCC3COc4ccccc4O3)=C2)cs1. The second-order valence-electron chi connectivity index (χ2n) is 5.99. The third kappa shape index (κ3) is 3.44. The van der Waals surface area contributed by atoms with Gasteiger partial charge in [0.15, 0.2) is 11.5 Å². The van der Waals surface area contributed by atoms with Crippen LogP contribution < -0.4 is 14.8 Å². The van der Waals surface area contributed by atoms with E-state index in [0.29, 0.717) is 19.6 Å². The van der Waals surface area contributed by atoms with Crippen LogP contribution in [0.25, 0.3) is 5.57 Å². The molecule has 2 aromatic rings. The van der Waals surface area contributed by atoms with Gasteiger partial charge in [0.05, 0.1) is 17.2 Å². The van der Waals surface area contributed by atoms with E-state index in [1.54, 1.807) is 11.3 Å². The summed E-state index contributed by atoms with van der Waals surface area (Å²) >= 11 is 1.61. The van der Waals surface area contributed by atoms with Crippen LogP contribution in [0.5, 0.6) is 11.5 Å². The topological polar surface area (TPSA) is 60.5 Å². The van der Waals surface area contributed by atoms with Crippen LogP contribution in [-0.4, -0.2) is 30.1 Å². The fourth-order valence-corrected chi connectivity index (χ4v) is 3.46. The van der Waals surface area contributed by atoms with Crippen LogP contribution >= 0.6 is 11.3 Å². The number of amides is 1. The quantitative estimate of drug-likeness (QED) is 0.916. The normalized spacial score (nSPS) is 18.5. The van der Waals surface area contributed by atoms with Crippen molar-refractivity contribution in [2.24, 2.45) is 0 Å². The lowest BCUT2D eigenvalue weighted by Crippen LogP contribution is -2.41. The lowest BCUT2D eigenvalue weighted by atomic mass is 10.2. The summed E-state index contributed by atoms with van der Waals surface area (Å²) in [5.41, 5.74) is 2.70. The van der Waals surface area contributed by atoms with Gasteiger partial charge in [-0.15, -0.1) is 11.3 Å². The first kappa shape index (κ1) is 15.9. The Balaban J connectivity index is 1.33. The maximum atomic E-state index is 12.4. The van der Waals surface area contributed by atoms with Crippen molar-refractivity contribution in [2.75, 3.05) is 13.2 Å². The maximum absolute atomic E-state index is 12.4. The zero-order valence-corrected chi connectivity index (χ0v) is 14.6. The number of ether oxygens (including phenoxy) is 2. The predicted molar refractivity (Wildman–Crippen MR) is 96.9 cm³/mol. The van der Waals surface area contributed by atoms with Gasteiger partial charge in [-0.2, -0.15) is 0 Å². The average Bonchev–Trinajstić information content (AvgIpc) is 3.28. The Morgan fingerprint density at radius 1 is 1.36 bits per heavy atom. The molecule has 1 aliphatic heterocycles. The number of aryl methyl sites for hydroxylation is 1. The summed E-state index contributed by atoms with van der Waals surface area (Å²) in [6.45, 7) is 2.82. The van der Waals surface area contributed by atoms with Gasteiger partial charge in [-0.25, -0.2) is 4.98 Å².